The number of carbonyl (C=O) groups excluding carboxylic acids is 2. The minimum Gasteiger partial charge on any atom is -0.367 e. The predicted octanol–water partition coefficient (Wildman–Crippen LogP) is 2.86. The van der Waals surface area contributed by atoms with Gasteiger partial charge in [0.05, 0.1) is 10.0 Å². The number of aryl methyl sites for hydroxylation is 1. The molecule has 0 bridgehead atoms. The molecule has 1 aromatic heterocycles. The fraction of sp³-hybridized carbons (Fsp3) is 0.400. The lowest BCUT2D eigenvalue weighted by atomic mass is 9.94. The van der Waals surface area contributed by atoms with Crippen LogP contribution in [-0.2, 0) is 0 Å². The monoisotopic (exact) mass is 334 g/mol. The topological polar surface area (TPSA) is 50.3 Å². The van der Waals surface area contributed by atoms with Gasteiger partial charge in [-0.25, -0.2) is 0 Å². The molecule has 1 saturated heterocycles. The van der Waals surface area contributed by atoms with Crippen molar-refractivity contribution in [3.05, 3.63) is 39.3 Å². The highest BCUT2D eigenvalue weighted by Crippen LogP contribution is 2.32. The molecule has 5 heteroatoms. The van der Waals surface area contributed by atoms with Gasteiger partial charge in [0.25, 0.3) is 0 Å². The van der Waals surface area contributed by atoms with Crippen molar-refractivity contribution in [2.45, 2.75) is 26.2 Å². The van der Waals surface area contributed by atoms with Crippen molar-refractivity contribution in [2.75, 3.05) is 13.1 Å². The quantitative estimate of drug-likeness (QED) is 0.792. The summed E-state index contributed by atoms with van der Waals surface area (Å²) >= 11 is 3.33. The van der Waals surface area contributed by atoms with Crippen LogP contribution in [0.3, 0.4) is 0 Å². The van der Waals surface area contributed by atoms with E-state index in [0.717, 1.165) is 31.5 Å². The number of halogens is 1. The molecular weight excluding hydrogens is 320 g/mol. The fourth-order valence-corrected chi connectivity index (χ4v) is 3.41. The molecular formula is C15H15BrN2O2. The molecule has 0 N–H and O–H groups in total. The molecule has 1 aromatic rings. The molecule has 4 nitrogen and oxygen atoms in total. The smallest absolute Gasteiger partial charge is 0.229 e. The number of aromatic nitrogens is 1. The van der Waals surface area contributed by atoms with Crippen LogP contribution in [0.5, 0.6) is 0 Å². The van der Waals surface area contributed by atoms with E-state index in [0.29, 0.717) is 15.7 Å². The van der Waals surface area contributed by atoms with Crippen molar-refractivity contribution in [3.63, 3.8) is 0 Å². The standard InChI is InChI=1S/C15H15BrN2O2/c1-9-7-10-12(17-8-9)15(20)13(11(16)14(10)19)18-5-3-2-4-6-18/h7-8H,2-6H2,1H3. The number of likely N-dealkylation sites (tertiary alicyclic amines) is 1. The zero-order valence-electron chi connectivity index (χ0n) is 11.3. The van der Waals surface area contributed by atoms with Gasteiger partial charge in [0.15, 0.2) is 0 Å². The van der Waals surface area contributed by atoms with Crippen LogP contribution in [-0.4, -0.2) is 34.5 Å². The number of carbonyl (C=O) groups is 2. The van der Waals surface area contributed by atoms with Crippen LogP contribution >= 0.6 is 15.9 Å². The number of Topliss-reactive ketones (excluding diaryl/α,β-unsaturated/α-hetero) is 2. The molecule has 20 heavy (non-hydrogen) atoms. The Bertz CT molecular complexity index is 631. The average Bonchev–Trinajstić information content (AvgIpc) is 2.46. The Morgan fingerprint density at radius 3 is 2.55 bits per heavy atom. The molecule has 0 radical (unpaired) electrons. The fourth-order valence-electron chi connectivity index (χ4n) is 2.76. The van der Waals surface area contributed by atoms with Crippen molar-refractivity contribution in [3.8, 4) is 0 Å². The molecule has 1 fully saturated rings. The third-order valence-corrected chi connectivity index (χ3v) is 4.51. The number of hydrogen-bond acceptors (Lipinski definition) is 4. The van der Waals surface area contributed by atoms with E-state index in [-0.39, 0.29) is 17.3 Å². The Hall–Kier alpha value is -1.49. The number of rotatable bonds is 1. The van der Waals surface area contributed by atoms with Gasteiger partial charge in [-0.2, -0.15) is 0 Å². The average molecular weight is 335 g/mol. The van der Waals surface area contributed by atoms with Gasteiger partial charge in [0.2, 0.25) is 11.6 Å². The molecule has 104 valence electrons. The van der Waals surface area contributed by atoms with Crippen LogP contribution < -0.4 is 0 Å². The van der Waals surface area contributed by atoms with Crippen LogP contribution in [0.4, 0.5) is 0 Å². The summed E-state index contributed by atoms with van der Waals surface area (Å²) in [6.45, 7) is 3.51. The summed E-state index contributed by atoms with van der Waals surface area (Å²) in [6, 6.07) is 1.73. The first kappa shape index (κ1) is 13.5. The van der Waals surface area contributed by atoms with Gasteiger partial charge in [0, 0.05) is 19.3 Å². The molecule has 2 aliphatic rings. The predicted molar refractivity (Wildman–Crippen MR) is 79.0 cm³/mol. The van der Waals surface area contributed by atoms with Crippen molar-refractivity contribution in [1.82, 2.24) is 9.88 Å². The lowest BCUT2D eigenvalue weighted by molar-refractivity contribution is 0.0936. The minimum atomic E-state index is -0.145. The lowest BCUT2D eigenvalue weighted by Gasteiger charge is -2.32. The third kappa shape index (κ3) is 2.10. The highest BCUT2D eigenvalue weighted by molar-refractivity contribution is 9.12. The van der Waals surface area contributed by atoms with E-state index >= 15 is 0 Å². The number of ketones is 2. The molecule has 0 amide bonds. The number of piperidine rings is 1. The van der Waals surface area contributed by atoms with E-state index in [1.807, 2.05) is 11.8 Å². The summed E-state index contributed by atoms with van der Waals surface area (Å²) in [4.78, 5) is 31.3. The maximum absolute atomic E-state index is 12.6. The van der Waals surface area contributed by atoms with Gasteiger partial charge in [-0.05, 0) is 53.7 Å². The van der Waals surface area contributed by atoms with E-state index in [2.05, 4.69) is 20.9 Å². The van der Waals surface area contributed by atoms with Crippen molar-refractivity contribution in [1.29, 1.82) is 0 Å². The summed E-state index contributed by atoms with van der Waals surface area (Å²) in [6.07, 6.45) is 4.92. The SMILES string of the molecule is Cc1cnc2c(c1)C(=O)C(Br)=C(N1CCCCC1)C2=O. The van der Waals surface area contributed by atoms with Gasteiger partial charge in [-0.15, -0.1) is 0 Å². The second-order valence-electron chi connectivity index (χ2n) is 5.28. The number of fused-ring (bicyclic) bond motifs is 1. The Labute approximate surface area is 126 Å². The number of hydrogen-bond donors (Lipinski definition) is 0. The van der Waals surface area contributed by atoms with Crippen LogP contribution in [0.2, 0.25) is 0 Å². The van der Waals surface area contributed by atoms with Gasteiger partial charge in [-0.1, -0.05) is 0 Å². The van der Waals surface area contributed by atoms with E-state index in [4.69, 9.17) is 0 Å². The first-order chi connectivity index (χ1) is 9.59. The second-order valence-corrected chi connectivity index (χ2v) is 6.07. The molecule has 0 aromatic carbocycles. The summed E-state index contributed by atoms with van der Waals surface area (Å²) in [5, 5.41) is 0. The Kier molecular flexibility index (Phi) is 3.46. The second kappa shape index (κ2) is 5.13. The van der Waals surface area contributed by atoms with Crippen molar-refractivity contribution < 1.29 is 9.59 Å². The maximum atomic E-state index is 12.6. The van der Waals surface area contributed by atoms with Gasteiger partial charge >= 0.3 is 0 Å². The maximum Gasteiger partial charge on any atom is 0.229 e. The molecule has 0 atom stereocenters. The lowest BCUT2D eigenvalue weighted by Crippen LogP contribution is -2.37. The summed E-state index contributed by atoms with van der Waals surface area (Å²) in [5.74, 6) is -0.287. The van der Waals surface area contributed by atoms with E-state index in [1.165, 1.54) is 6.42 Å². The zero-order valence-corrected chi connectivity index (χ0v) is 12.9. The number of nitrogens with zero attached hydrogens (tertiary/aromatic N) is 2. The van der Waals surface area contributed by atoms with Crippen LogP contribution in [0.25, 0.3) is 0 Å². The Balaban J connectivity index is 2.08. The van der Waals surface area contributed by atoms with Gasteiger partial charge < -0.3 is 4.90 Å². The summed E-state index contributed by atoms with van der Waals surface area (Å²) in [5.41, 5.74) is 2.05. The first-order valence-corrected chi connectivity index (χ1v) is 7.59. The van der Waals surface area contributed by atoms with Crippen LogP contribution in [0.15, 0.2) is 22.4 Å². The normalized spacial score (nSPS) is 19.4. The third-order valence-electron chi connectivity index (χ3n) is 3.78. The van der Waals surface area contributed by atoms with Crippen LogP contribution in [0.1, 0.15) is 45.7 Å². The van der Waals surface area contributed by atoms with Crippen molar-refractivity contribution in [2.24, 2.45) is 0 Å². The van der Waals surface area contributed by atoms with E-state index in [9.17, 15) is 9.59 Å². The molecule has 0 saturated carbocycles. The molecule has 2 heterocycles. The van der Waals surface area contributed by atoms with Crippen LogP contribution in [0, 0.1) is 6.92 Å². The molecule has 0 spiro atoms. The Morgan fingerprint density at radius 1 is 1.15 bits per heavy atom. The van der Waals surface area contributed by atoms with Gasteiger partial charge in [-0.3, -0.25) is 14.6 Å². The summed E-state index contributed by atoms with van der Waals surface area (Å²) < 4.78 is 0.379. The van der Waals surface area contributed by atoms with Gasteiger partial charge in [0.1, 0.15) is 11.4 Å². The minimum absolute atomic E-state index is 0.142. The summed E-state index contributed by atoms with van der Waals surface area (Å²) in [7, 11) is 0. The first-order valence-electron chi connectivity index (χ1n) is 6.80. The highest BCUT2D eigenvalue weighted by Gasteiger charge is 2.35. The van der Waals surface area contributed by atoms with E-state index < -0.39 is 0 Å². The number of allylic oxidation sites excluding steroid dienone is 2. The zero-order chi connectivity index (χ0) is 14.3. The molecule has 1 aliphatic heterocycles. The van der Waals surface area contributed by atoms with E-state index in [1.54, 1.807) is 12.3 Å². The highest BCUT2D eigenvalue weighted by atomic mass is 79.9. The molecule has 1 aliphatic carbocycles. The molecule has 0 unspecified atom stereocenters. The number of pyridine rings is 1. The Morgan fingerprint density at radius 2 is 1.85 bits per heavy atom. The largest absolute Gasteiger partial charge is 0.367 e. The molecule has 3 rings (SSSR count). The van der Waals surface area contributed by atoms with Crippen molar-refractivity contribution >= 4 is 27.5 Å².